The number of carbonyl (C=O) groups excluding carboxylic acids is 2. The summed E-state index contributed by atoms with van der Waals surface area (Å²) in [5.41, 5.74) is 2.60. The molecule has 2 atom stereocenters. The third-order valence-corrected chi connectivity index (χ3v) is 5.71. The Balaban J connectivity index is 1.81. The second kappa shape index (κ2) is 9.32. The Kier molecular flexibility index (Phi) is 6.80. The molecule has 2 aromatic rings. The van der Waals surface area contributed by atoms with Crippen LogP contribution in [0.2, 0.25) is 0 Å². The number of rotatable bonds is 8. The Morgan fingerprint density at radius 1 is 1.23 bits per heavy atom. The summed E-state index contributed by atoms with van der Waals surface area (Å²) in [6.45, 7) is 5.28. The quantitative estimate of drug-likeness (QED) is 0.663. The molecule has 1 N–H and O–H groups in total. The van der Waals surface area contributed by atoms with Gasteiger partial charge in [0.25, 0.3) is 5.91 Å². The highest BCUT2D eigenvalue weighted by atomic mass is 16.5. The molecule has 0 radical (unpaired) electrons. The van der Waals surface area contributed by atoms with Crippen molar-refractivity contribution in [2.75, 3.05) is 0 Å². The first-order chi connectivity index (χ1) is 14.3. The van der Waals surface area contributed by atoms with Crippen LogP contribution in [0.25, 0.3) is 11.0 Å². The third-order valence-electron chi connectivity index (χ3n) is 5.71. The lowest BCUT2D eigenvalue weighted by molar-refractivity contribution is -0.308. The van der Waals surface area contributed by atoms with Crippen molar-refractivity contribution in [1.82, 2.24) is 5.32 Å². The molecule has 30 heavy (non-hydrogen) atoms. The second-order valence-electron chi connectivity index (χ2n) is 7.90. The summed E-state index contributed by atoms with van der Waals surface area (Å²) >= 11 is 0. The van der Waals surface area contributed by atoms with Crippen molar-refractivity contribution in [2.24, 2.45) is 0 Å². The minimum atomic E-state index is -1.31. The summed E-state index contributed by atoms with van der Waals surface area (Å²) in [5, 5.41) is 14.6. The summed E-state index contributed by atoms with van der Waals surface area (Å²) in [5.74, 6) is -1.42. The van der Waals surface area contributed by atoms with Gasteiger partial charge < -0.3 is 24.4 Å². The van der Waals surface area contributed by atoms with E-state index in [1.54, 1.807) is 19.9 Å². The van der Waals surface area contributed by atoms with E-state index in [-0.39, 0.29) is 5.63 Å². The van der Waals surface area contributed by atoms with E-state index in [0.717, 1.165) is 48.6 Å². The van der Waals surface area contributed by atoms with Gasteiger partial charge >= 0.3 is 5.63 Å². The van der Waals surface area contributed by atoms with Crippen LogP contribution >= 0.6 is 0 Å². The zero-order valence-corrected chi connectivity index (χ0v) is 17.7. The zero-order chi connectivity index (χ0) is 21.8. The van der Waals surface area contributed by atoms with Crippen molar-refractivity contribution in [3.8, 4) is 5.75 Å². The fraction of sp³-hybridized carbons (Fsp3) is 0.522. The number of aryl methyl sites for hydroxylation is 2. The van der Waals surface area contributed by atoms with Crippen molar-refractivity contribution in [3.63, 3.8) is 0 Å². The van der Waals surface area contributed by atoms with Crippen LogP contribution < -0.4 is 20.8 Å². The first kappa shape index (κ1) is 21.9. The molecule has 7 heteroatoms. The van der Waals surface area contributed by atoms with E-state index in [1.807, 2.05) is 13.0 Å². The molecule has 3 rings (SSSR count). The highest BCUT2D eigenvalue weighted by Crippen LogP contribution is 2.32. The molecule has 1 aliphatic carbocycles. The Hall–Kier alpha value is -2.83. The Bertz CT molecular complexity index is 1010. The minimum absolute atomic E-state index is 0.308. The van der Waals surface area contributed by atoms with Crippen molar-refractivity contribution in [2.45, 2.75) is 77.9 Å². The summed E-state index contributed by atoms with van der Waals surface area (Å²) in [6, 6.07) is 2.58. The molecule has 1 heterocycles. The van der Waals surface area contributed by atoms with Gasteiger partial charge in [-0.2, -0.15) is 0 Å². The third kappa shape index (κ3) is 4.50. The van der Waals surface area contributed by atoms with Gasteiger partial charge in [-0.25, -0.2) is 4.79 Å². The number of fused-ring (bicyclic) bond motifs is 3. The van der Waals surface area contributed by atoms with Crippen LogP contribution in [-0.4, -0.2) is 24.0 Å². The van der Waals surface area contributed by atoms with Gasteiger partial charge in [0.2, 0.25) is 0 Å². The number of benzene rings is 1. The first-order valence-corrected chi connectivity index (χ1v) is 10.6. The predicted molar refractivity (Wildman–Crippen MR) is 110 cm³/mol. The molecular weight excluding hydrogens is 386 g/mol. The number of hydrogen-bond acceptors (Lipinski definition) is 6. The van der Waals surface area contributed by atoms with Crippen LogP contribution in [0.4, 0.5) is 0 Å². The smallest absolute Gasteiger partial charge is 0.339 e. The van der Waals surface area contributed by atoms with Gasteiger partial charge in [-0.15, -0.1) is 0 Å². The number of nitrogens with one attached hydrogen (secondary N) is 1. The number of aliphatic carboxylic acids is 1. The van der Waals surface area contributed by atoms with Gasteiger partial charge in [-0.3, -0.25) is 4.79 Å². The van der Waals surface area contributed by atoms with Gasteiger partial charge in [-0.05, 0) is 63.6 Å². The summed E-state index contributed by atoms with van der Waals surface area (Å²) < 4.78 is 11.4. The molecule has 7 nitrogen and oxygen atoms in total. The maximum absolute atomic E-state index is 12.4. The van der Waals surface area contributed by atoms with E-state index < -0.39 is 24.0 Å². The number of carbonyl (C=O) groups is 2. The van der Waals surface area contributed by atoms with Crippen LogP contribution in [0.3, 0.4) is 0 Å². The minimum Gasteiger partial charge on any atom is -0.548 e. The van der Waals surface area contributed by atoms with Gasteiger partial charge in [0.15, 0.2) is 6.10 Å². The predicted octanol–water partition coefficient (Wildman–Crippen LogP) is 2.17. The largest absolute Gasteiger partial charge is 0.548 e. The average molecular weight is 414 g/mol. The highest BCUT2D eigenvalue weighted by molar-refractivity contribution is 5.87. The van der Waals surface area contributed by atoms with Crippen molar-refractivity contribution in [3.05, 3.63) is 39.2 Å². The van der Waals surface area contributed by atoms with Gasteiger partial charge in [-0.1, -0.05) is 19.8 Å². The summed E-state index contributed by atoms with van der Waals surface area (Å²) in [4.78, 5) is 36.1. The molecule has 1 aromatic carbocycles. The maximum atomic E-state index is 12.4. The molecular formula is C23H28NO6-. The molecule has 1 aliphatic rings. The molecule has 0 bridgehead atoms. The topological polar surface area (TPSA) is 109 Å². The first-order valence-electron chi connectivity index (χ1n) is 10.6. The maximum Gasteiger partial charge on any atom is 0.339 e. The summed E-state index contributed by atoms with van der Waals surface area (Å²) in [7, 11) is 0. The fourth-order valence-corrected chi connectivity index (χ4v) is 3.94. The van der Waals surface area contributed by atoms with Crippen LogP contribution in [0.5, 0.6) is 5.75 Å². The SMILES string of the molecule is CCCC[C@H](NC(=O)[C@H](C)Oc1ccc2c3c(c(=O)oc2c1C)CCCC3)C(=O)[O-]. The lowest BCUT2D eigenvalue weighted by Gasteiger charge is -2.23. The average Bonchev–Trinajstić information content (AvgIpc) is 2.73. The van der Waals surface area contributed by atoms with Gasteiger partial charge in [0.1, 0.15) is 11.3 Å². The lowest BCUT2D eigenvalue weighted by atomic mass is 9.90. The normalized spacial score (nSPS) is 15.3. The van der Waals surface area contributed by atoms with Crippen molar-refractivity contribution < 1.29 is 23.8 Å². The van der Waals surface area contributed by atoms with E-state index in [9.17, 15) is 19.5 Å². The standard InChI is InChI=1S/C23H29NO6/c1-4-5-10-18(22(26)27)24-21(25)14(3)29-19-12-11-16-15-8-6-7-9-17(15)23(28)30-20(16)13(19)2/h11-12,14,18H,4-10H2,1-3H3,(H,24,25)(H,26,27)/p-1/t14-,18-/m0/s1. The fourth-order valence-electron chi connectivity index (χ4n) is 3.94. The molecule has 0 fully saturated rings. The molecule has 0 aliphatic heterocycles. The van der Waals surface area contributed by atoms with Crippen LogP contribution in [0.1, 0.15) is 62.6 Å². The van der Waals surface area contributed by atoms with Crippen molar-refractivity contribution >= 4 is 22.8 Å². The molecule has 0 spiro atoms. The number of carboxylic acid groups (broad SMARTS) is 1. The van der Waals surface area contributed by atoms with E-state index in [2.05, 4.69) is 5.32 Å². The molecule has 1 amide bonds. The zero-order valence-electron chi connectivity index (χ0n) is 17.7. The van der Waals surface area contributed by atoms with Crippen LogP contribution in [0, 0.1) is 6.92 Å². The molecule has 162 valence electrons. The molecule has 0 saturated carbocycles. The number of hydrogen-bond donors (Lipinski definition) is 1. The van der Waals surface area contributed by atoms with E-state index >= 15 is 0 Å². The number of ether oxygens (including phenoxy) is 1. The lowest BCUT2D eigenvalue weighted by Crippen LogP contribution is -2.51. The molecule has 0 unspecified atom stereocenters. The number of carboxylic acids is 1. The van der Waals surface area contributed by atoms with Crippen molar-refractivity contribution in [1.29, 1.82) is 0 Å². The van der Waals surface area contributed by atoms with E-state index in [1.165, 1.54) is 0 Å². The monoisotopic (exact) mass is 414 g/mol. The van der Waals surface area contributed by atoms with E-state index in [0.29, 0.717) is 29.7 Å². The number of unbranched alkanes of at least 4 members (excludes halogenated alkanes) is 1. The van der Waals surface area contributed by atoms with E-state index in [4.69, 9.17) is 9.15 Å². The second-order valence-corrected chi connectivity index (χ2v) is 7.90. The number of amides is 1. The highest BCUT2D eigenvalue weighted by Gasteiger charge is 2.23. The van der Waals surface area contributed by atoms with Crippen LogP contribution in [0.15, 0.2) is 21.3 Å². The van der Waals surface area contributed by atoms with Gasteiger partial charge in [0, 0.05) is 16.5 Å². The van der Waals surface area contributed by atoms with Gasteiger partial charge in [0.05, 0.1) is 12.0 Å². The van der Waals surface area contributed by atoms with Crippen LogP contribution in [-0.2, 0) is 22.4 Å². The molecule has 0 saturated heterocycles. The Labute approximate surface area is 175 Å². The Morgan fingerprint density at radius 2 is 1.93 bits per heavy atom. The Morgan fingerprint density at radius 3 is 2.60 bits per heavy atom. The molecule has 1 aromatic heterocycles. The summed E-state index contributed by atoms with van der Waals surface area (Å²) in [6.07, 6.45) is 4.48.